The zero-order valence-corrected chi connectivity index (χ0v) is 13.2. The molecule has 6 heteroatoms. The molecule has 0 aromatic heterocycles. The average Bonchev–Trinajstić information content (AvgIpc) is 2.48. The van der Waals surface area contributed by atoms with E-state index in [0.29, 0.717) is 19.6 Å². The van der Waals surface area contributed by atoms with Gasteiger partial charge in [0.1, 0.15) is 12.3 Å². The molecule has 1 aliphatic rings. The molecule has 1 aromatic rings. The summed E-state index contributed by atoms with van der Waals surface area (Å²) in [5, 5.41) is 8.84. The van der Waals surface area contributed by atoms with Crippen LogP contribution in [0.1, 0.15) is 18.1 Å². The van der Waals surface area contributed by atoms with Crippen molar-refractivity contribution in [1.29, 1.82) is 0 Å². The second kappa shape index (κ2) is 6.79. The number of nitrogens with zero attached hydrogens (tertiary/aromatic N) is 2. The van der Waals surface area contributed by atoms with Crippen molar-refractivity contribution in [3.63, 3.8) is 0 Å². The van der Waals surface area contributed by atoms with Crippen LogP contribution in [-0.4, -0.2) is 59.6 Å². The second-order valence-corrected chi connectivity index (χ2v) is 5.59. The molecule has 1 N–H and O–H groups in total. The largest absolute Gasteiger partial charge is 0.497 e. The van der Waals surface area contributed by atoms with E-state index in [1.807, 2.05) is 32.0 Å². The number of hydrogen-bond acceptors (Lipinski definition) is 4. The Morgan fingerprint density at radius 2 is 2.14 bits per heavy atom. The third kappa shape index (κ3) is 3.57. The minimum Gasteiger partial charge on any atom is -0.497 e. The summed E-state index contributed by atoms with van der Waals surface area (Å²) in [7, 11) is 1.64. The fourth-order valence-electron chi connectivity index (χ4n) is 2.70. The summed E-state index contributed by atoms with van der Waals surface area (Å²) in [5.41, 5.74) is 2.26. The molecule has 1 fully saturated rings. The smallest absolute Gasteiger partial charge is 0.323 e. The molecule has 120 valence electrons. The van der Waals surface area contributed by atoms with Gasteiger partial charge < -0.3 is 14.7 Å². The zero-order valence-electron chi connectivity index (χ0n) is 13.2. The van der Waals surface area contributed by atoms with Crippen LogP contribution in [0.4, 0.5) is 0 Å². The van der Waals surface area contributed by atoms with Gasteiger partial charge in [-0.2, -0.15) is 0 Å². The summed E-state index contributed by atoms with van der Waals surface area (Å²) in [6.45, 7) is 5.42. The summed E-state index contributed by atoms with van der Waals surface area (Å²) >= 11 is 0. The van der Waals surface area contributed by atoms with E-state index >= 15 is 0 Å². The quantitative estimate of drug-likeness (QED) is 0.883. The molecule has 22 heavy (non-hydrogen) atoms. The number of aryl methyl sites for hydroxylation is 1. The van der Waals surface area contributed by atoms with Gasteiger partial charge in [0.2, 0.25) is 5.91 Å². The third-order valence-corrected chi connectivity index (χ3v) is 4.12. The number of carbonyl (C=O) groups is 2. The van der Waals surface area contributed by atoms with Crippen molar-refractivity contribution < 1.29 is 19.4 Å². The lowest BCUT2D eigenvalue weighted by molar-refractivity contribution is -0.150. The van der Waals surface area contributed by atoms with Crippen LogP contribution < -0.4 is 4.74 Å². The molecule has 1 aliphatic heterocycles. The SMILES string of the molecule is COc1ccc(CN2CCN(CC(=O)O)C(=O)[C@H]2C)c(C)c1. The Morgan fingerprint density at radius 1 is 1.41 bits per heavy atom. The minimum atomic E-state index is -0.972. The highest BCUT2D eigenvalue weighted by Crippen LogP contribution is 2.21. The van der Waals surface area contributed by atoms with Gasteiger partial charge in [-0.25, -0.2) is 0 Å². The Kier molecular flexibility index (Phi) is 5.03. The van der Waals surface area contributed by atoms with E-state index in [1.165, 1.54) is 4.90 Å². The number of hydrogen-bond donors (Lipinski definition) is 1. The predicted molar refractivity (Wildman–Crippen MR) is 81.8 cm³/mol. The molecular weight excluding hydrogens is 284 g/mol. The number of carbonyl (C=O) groups excluding carboxylic acids is 1. The fraction of sp³-hybridized carbons (Fsp3) is 0.500. The maximum atomic E-state index is 12.2. The van der Waals surface area contributed by atoms with E-state index < -0.39 is 5.97 Å². The minimum absolute atomic E-state index is 0.125. The lowest BCUT2D eigenvalue weighted by Gasteiger charge is -2.38. The van der Waals surface area contributed by atoms with Crippen LogP contribution in [0.15, 0.2) is 18.2 Å². The van der Waals surface area contributed by atoms with Crippen molar-refractivity contribution in [2.24, 2.45) is 0 Å². The van der Waals surface area contributed by atoms with Crippen LogP contribution >= 0.6 is 0 Å². The molecule has 0 unspecified atom stereocenters. The highest BCUT2D eigenvalue weighted by Gasteiger charge is 2.32. The maximum Gasteiger partial charge on any atom is 0.323 e. The van der Waals surface area contributed by atoms with Crippen LogP contribution in [0.5, 0.6) is 5.75 Å². The number of aliphatic carboxylic acids is 1. The second-order valence-electron chi connectivity index (χ2n) is 5.59. The summed E-state index contributed by atoms with van der Waals surface area (Å²) < 4.78 is 5.20. The van der Waals surface area contributed by atoms with E-state index in [4.69, 9.17) is 9.84 Å². The first kappa shape index (κ1) is 16.3. The van der Waals surface area contributed by atoms with Crippen LogP contribution in [0.3, 0.4) is 0 Å². The van der Waals surface area contributed by atoms with Crippen LogP contribution in [0.2, 0.25) is 0 Å². The summed E-state index contributed by atoms with van der Waals surface area (Å²) in [4.78, 5) is 26.5. The topological polar surface area (TPSA) is 70.1 Å². The molecule has 0 radical (unpaired) electrons. The highest BCUT2D eigenvalue weighted by molar-refractivity contribution is 5.85. The van der Waals surface area contributed by atoms with Crippen LogP contribution in [-0.2, 0) is 16.1 Å². The van der Waals surface area contributed by atoms with Gasteiger partial charge in [-0.05, 0) is 37.1 Å². The molecule has 1 aromatic carbocycles. The Bertz CT molecular complexity index is 573. The monoisotopic (exact) mass is 306 g/mol. The van der Waals surface area contributed by atoms with E-state index in [-0.39, 0.29) is 18.5 Å². The summed E-state index contributed by atoms with van der Waals surface area (Å²) in [6, 6.07) is 5.59. The van der Waals surface area contributed by atoms with Crippen molar-refractivity contribution in [2.75, 3.05) is 26.7 Å². The van der Waals surface area contributed by atoms with Gasteiger partial charge in [-0.15, -0.1) is 0 Å². The van der Waals surface area contributed by atoms with Gasteiger partial charge in [-0.3, -0.25) is 14.5 Å². The lowest BCUT2D eigenvalue weighted by Crippen LogP contribution is -2.56. The van der Waals surface area contributed by atoms with Crippen molar-refractivity contribution in [3.8, 4) is 5.75 Å². The first-order valence-electron chi connectivity index (χ1n) is 7.30. The molecule has 0 aliphatic carbocycles. The maximum absolute atomic E-state index is 12.2. The predicted octanol–water partition coefficient (Wildman–Crippen LogP) is 1.12. The number of methoxy groups -OCH3 is 1. The molecule has 2 rings (SSSR count). The number of benzene rings is 1. The lowest BCUT2D eigenvalue weighted by atomic mass is 10.1. The van der Waals surface area contributed by atoms with Crippen LogP contribution in [0, 0.1) is 6.92 Å². The first-order valence-corrected chi connectivity index (χ1v) is 7.30. The van der Waals surface area contributed by atoms with E-state index in [9.17, 15) is 9.59 Å². The van der Waals surface area contributed by atoms with E-state index in [1.54, 1.807) is 7.11 Å². The molecule has 0 bridgehead atoms. The molecular formula is C16H22N2O4. The van der Waals surface area contributed by atoms with Crippen molar-refractivity contribution in [3.05, 3.63) is 29.3 Å². The molecule has 1 heterocycles. The van der Waals surface area contributed by atoms with Gasteiger partial charge in [0.15, 0.2) is 0 Å². The van der Waals surface area contributed by atoms with Gasteiger partial charge in [-0.1, -0.05) is 6.07 Å². The van der Waals surface area contributed by atoms with Gasteiger partial charge in [0.25, 0.3) is 0 Å². The van der Waals surface area contributed by atoms with Gasteiger partial charge >= 0.3 is 5.97 Å². The number of ether oxygens (including phenoxy) is 1. The van der Waals surface area contributed by atoms with Gasteiger partial charge in [0, 0.05) is 19.6 Å². The van der Waals surface area contributed by atoms with Crippen LogP contribution in [0.25, 0.3) is 0 Å². The molecule has 1 saturated heterocycles. The van der Waals surface area contributed by atoms with E-state index in [0.717, 1.165) is 16.9 Å². The Balaban J connectivity index is 2.05. The molecule has 6 nitrogen and oxygen atoms in total. The number of rotatable bonds is 5. The Hall–Kier alpha value is -2.08. The highest BCUT2D eigenvalue weighted by atomic mass is 16.5. The number of amides is 1. The number of carboxylic acids is 1. The van der Waals surface area contributed by atoms with Crippen molar-refractivity contribution in [1.82, 2.24) is 9.80 Å². The fourth-order valence-corrected chi connectivity index (χ4v) is 2.70. The number of piperazine rings is 1. The molecule has 0 spiro atoms. The van der Waals surface area contributed by atoms with Gasteiger partial charge in [0.05, 0.1) is 13.2 Å². The molecule has 0 saturated carbocycles. The summed E-state index contributed by atoms with van der Waals surface area (Å²) in [5.74, 6) is -0.281. The standard InChI is InChI=1S/C16H22N2O4/c1-11-8-14(22-3)5-4-13(11)9-17-6-7-18(10-15(19)20)16(21)12(17)2/h4-5,8,12H,6-7,9-10H2,1-3H3,(H,19,20)/t12-/m1/s1. The Labute approximate surface area is 130 Å². The normalized spacial score (nSPS) is 19.3. The zero-order chi connectivity index (χ0) is 16.3. The molecule has 1 atom stereocenters. The Morgan fingerprint density at radius 3 is 2.73 bits per heavy atom. The average molecular weight is 306 g/mol. The van der Waals surface area contributed by atoms with E-state index in [2.05, 4.69) is 4.90 Å². The summed E-state index contributed by atoms with van der Waals surface area (Å²) in [6.07, 6.45) is 0. The third-order valence-electron chi connectivity index (χ3n) is 4.12. The number of carboxylic acid groups (broad SMARTS) is 1. The first-order chi connectivity index (χ1) is 10.4. The molecule has 1 amide bonds. The van der Waals surface area contributed by atoms with Crippen molar-refractivity contribution in [2.45, 2.75) is 26.4 Å². The van der Waals surface area contributed by atoms with Crippen molar-refractivity contribution >= 4 is 11.9 Å².